The molecule has 0 bridgehead atoms. The summed E-state index contributed by atoms with van der Waals surface area (Å²) >= 11 is 0. The van der Waals surface area contributed by atoms with E-state index < -0.39 is 48.1 Å². The number of hydrogen-bond acceptors (Lipinski definition) is 10. The molecule has 0 radical (unpaired) electrons. The summed E-state index contributed by atoms with van der Waals surface area (Å²) in [5, 5.41) is 9.97. The van der Waals surface area contributed by atoms with Crippen LogP contribution in [0.4, 0.5) is 9.59 Å². The highest BCUT2D eigenvalue weighted by atomic mass is 16.7. The average Bonchev–Trinajstić information content (AvgIpc) is 2.84. The van der Waals surface area contributed by atoms with E-state index >= 15 is 0 Å². The van der Waals surface area contributed by atoms with Gasteiger partial charge in [-0.25, -0.2) is 9.59 Å². The SMILES string of the molecule is CCC(C)CC(=O)O[C@@H](C)CC(N)(Cc1ccc(OC(=O)OC(C)C(C)C)c(OC(=O)OC(C)C(C)C)c1)C(=O)O. The van der Waals surface area contributed by atoms with Gasteiger partial charge in [0, 0.05) is 19.3 Å². The fourth-order valence-electron chi connectivity index (χ4n) is 3.49. The van der Waals surface area contributed by atoms with Gasteiger partial charge >= 0.3 is 24.2 Å². The predicted octanol–water partition coefficient (Wildman–Crippen LogP) is 5.89. The predicted molar refractivity (Wildman–Crippen MR) is 152 cm³/mol. The molecule has 3 N–H and O–H groups in total. The Morgan fingerprint density at radius 2 is 1.34 bits per heavy atom. The van der Waals surface area contributed by atoms with Crippen LogP contribution in [0.5, 0.6) is 11.5 Å². The molecule has 41 heavy (non-hydrogen) atoms. The number of nitrogens with two attached hydrogens (primary N) is 1. The van der Waals surface area contributed by atoms with Gasteiger partial charge in [0.2, 0.25) is 0 Å². The summed E-state index contributed by atoms with van der Waals surface area (Å²) in [6, 6.07) is 4.19. The highest BCUT2D eigenvalue weighted by Crippen LogP contribution is 2.32. The van der Waals surface area contributed by atoms with E-state index in [1.165, 1.54) is 18.2 Å². The fraction of sp³-hybridized carbons (Fsp3) is 0.667. The molecule has 4 unspecified atom stereocenters. The summed E-state index contributed by atoms with van der Waals surface area (Å²) in [4.78, 5) is 49.3. The van der Waals surface area contributed by atoms with Crippen LogP contribution in [0.2, 0.25) is 0 Å². The van der Waals surface area contributed by atoms with Gasteiger partial charge < -0.3 is 34.5 Å². The van der Waals surface area contributed by atoms with Gasteiger partial charge in [0.1, 0.15) is 23.9 Å². The average molecular weight is 582 g/mol. The molecule has 11 heteroatoms. The van der Waals surface area contributed by atoms with Crippen LogP contribution in [-0.2, 0) is 30.2 Å². The topological polar surface area (TPSA) is 161 Å². The lowest BCUT2D eigenvalue weighted by Crippen LogP contribution is -2.52. The highest BCUT2D eigenvalue weighted by Gasteiger charge is 2.37. The number of carbonyl (C=O) groups excluding carboxylic acids is 3. The Morgan fingerprint density at radius 3 is 1.80 bits per heavy atom. The van der Waals surface area contributed by atoms with Crippen molar-refractivity contribution in [2.75, 3.05) is 0 Å². The number of ether oxygens (including phenoxy) is 5. The number of carboxylic acid groups (broad SMARTS) is 1. The van der Waals surface area contributed by atoms with E-state index in [-0.39, 0.29) is 48.5 Å². The minimum atomic E-state index is -1.83. The molecule has 0 saturated carbocycles. The maximum atomic E-state index is 12.5. The van der Waals surface area contributed by atoms with Gasteiger partial charge in [-0.2, -0.15) is 0 Å². The smallest absolute Gasteiger partial charge is 0.480 e. The Hall–Kier alpha value is -3.34. The Labute approximate surface area is 243 Å². The van der Waals surface area contributed by atoms with Gasteiger partial charge in [0.15, 0.2) is 11.5 Å². The zero-order valence-electron chi connectivity index (χ0n) is 25.7. The van der Waals surface area contributed by atoms with Crippen molar-refractivity contribution < 1.29 is 48.0 Å². The lowest BCUT2D eigenvalue weighted by atomic mass is 9.86. The van der Waals surface area contributed by atoms with Crippen molar-refractivity contribution in [1.82, 2.24) is 0 Å². The number of rotatable bonds is 15. The normalized spacial score (nSPS) is 15.7. The molecule has 1 rings (SSSR count). The third-order valence-electron chi connectivity index (χ3n) is 6.98. The molecule has 1 aromatic carbocycles. The molecule has 0 spiro atoms. The quantitative estimate of drug-likeness (QED) is 0.144. The molecule has 0 aliphatic heterocycles. The van der Waals surface area contributed by atoms with Crippen LogP contribution in [0.3, 0.4) is 0 Å². The van der Waals surface area contributed by atoms with Crippen LogP contribution in [0.15, 0.2) is 18.2 Å². The number of carboxylic acids is 1. The summed E-state index contributed by atoms with van der Waals surface area (Å²) in [7, 11) is 0. The lowest BCUT2D eigenvalue weighted by Gasteiger charge is -2.28. The van der Waals surface area contributed by atoms with Gasteiger partial charge in [0.05, 0.1) is 0 Å². The number of hydrogen-bond donors (Lipinski definition) is 2. The standard InChI is InChI=1S/C30H47NO10/c1-10-19(6)13-26(32)37-20(7)15-30(31,27(33)34)16-23-11-12-24(40-28(35)38-21(8)17(2)3)25(14-23)41-29(36)39-22(9)18(4)5/h11-12,14,17-22H,10,13,15-16,31H2,1-9H3,(H,33,34)/t19?,20-,21?,22?,30?/m0/s1. The number of esters is 1. The first-order chi connectivity index (χ1) is 19.0. The number of benzene rings is 1. The third-order valence-corrected chi connectivity index (χ3v) is 6.98. The molecule has 0 aliphatic carbocycles. The zero-order valence-corrected chi connectivity index (χ0v) is 25.7. The van der Waals surface area contributed by atoms with Crippen LogP contribution >= 0.6 is 0 Å². The van der Waals surface area contributed by atoms with E-state index in [0.29, 0.717) is 5.56 Å². The molecular formula is C30H47NO10. The van der Waals surface area contributed by atoms with Crippen molar-refractivity contribution in [3.05, 3.63) is 23.8 Å². The second-order valence-corrected chi connectivity index (χ2v) is 11.5. The molecular weight excluding hydrogens is 534 g/mol. The Morgan fingerprint density at radius 1 is 0.829 bits per heavy atom. The Kier molecular flexibility index (Phi) is 14.1. The molecule has 232 valence electrons. The lowest BCUT2D eigenvalue weighted by molar-refractivity contribution is -0.154. The summed E-state index contributed by atoms with van der Waals surface area (Å²) in [6.45, 7) is 16.4. The monoisotopic (exact) mass is 581 g/mol. The molecule has 1 aromatic rings. The van der Waals surface area contributed by atoms with Gasteiger partial charge in [-0.05, 0) is 56.2 Å². The zero-order chi connectivity index (χ0) is 31.5. The largest absolute Gasteiger partial charge is 0.514 e. The first kappa shape index (κ1) is 35.7. The maximum absolute atomic E-state index is 12.5. The maximum Gasteiger partial charge on any atom is 0.514 e. The van der Waals surface area contributed by atoms with Gasteiger partial charge in [0.25, 0.3) is 0 Å². The van der Waals surface area contributed by atoms with Crippen molar-refractivity contribution >= 4 is 24.2 Å². The first-order valence-corrected chi connectivity index (χ1v) is 14.1. The minimum Gasteiger partial charge on any atom is -0.480 e. The minimum absolute atomic E-state index is 0.0202. The van der Waals surface area contributed by atoms with Crippen LogP contribution in [0.1, 0.15) is 87.1 Å². The molecule has 0 aliphatic rings. The molecule has 0 heterocycles. The molecule has 11 nitrogen and oxygen atoms in total. The molecule has 0 saturated heterocycles. The Bertz CT molecular complexity index is 1040. The van der Waals surface area contributed by atoms with E-state index in [0.717, 1.165) is 6.42 Å². The molecule has 0 aromatic heterocycles. The number of aliphatic carboxylic acids is 1. The van der Waals surface area contributed by atoms with E-state index in [1.807, 2.05) is 41.5 Å². The Balaban J connectivity index is 3.22. The van der Waals surface area contributed by atoms with Gasteiger partial charge in [-0.1, -0.05) is 54.0 Å². The molecule has 0 fully saturated rings. The van der Waals surface area contributed by atoms with Crippen molar-refractivity contribution in [3.8, 4) is 11.5 Å². The van der Waals surface area contributed by atoms with Crippen molar-refractivity contribution in [3.63, 3.8) is 0 Å². The van der Waals surface area contributed by atoms with Crippen LogP contribution < -0.4 is 15.2 Å². The number of carbonyl (C=O) groups is 4. The summed E-state index contributed by atoms with van der Waals surface area (Å²) < 4.78 is 26.6. The van der Waals surface area contributed by atoms with Crippen molar-refractivity contribution in [1.29, 1.82) is 0 Å². The fourth-order valence-corrected chi connectivity index (χ4v) is 3.49. The van der Waals surface area contributed by atoms with E-state index in [1.54, 1.807) is 20.8 Å². The second-order valence-electron chi connectivity index (χ2n) is 11.5. The molecule has 0 amide bonds. The summed E-state index contributed by atoms with van der Waals surface area (Å²) in [5.74, 6) is -1.85. The third kappa shape index (κ3) is 12.4. The first-order valence-electron chi connectivity index (χ1n) is 14.1. The van der Waals surface area contributed by atoms with E-state index in [4.69, 9.17) is 29.4 Å². The van der Waals surface area contributed by atoms with Crippen molar-refractivity contribution in [2.24, 2.45) is 23.5 Å². The highest BCUT2D eigenvalue weighted by molar-refractivity contribution is 5.79. The van der Waals surface area contributed by atoms with Crippen LogP contribution in [-0.4, -0.2) is 53.2 Å². The van der Waals surface area contributed by atoms with Gasteiger partial charge in [-0.15, -0.1) is 0 Å². The van der Waals surface area contributed by atoms with Crippen LogP contribution in [0, 0.1) is 17.8 Å². The van der Waals surface area contributed by atoms with Crippen molar-refractivity contribution in [2.45, 2.75) is 112 Å². The van der Waals surface area contributed by atoms with Gasteiger partial charge in [-0.3, -0.25) is 9.59 Å². The van der Waals surface area contributed by atoms with E-state index in [9.17, 15) is 24.3 Å². The second kappa shape index (κ2) is 16.2. The summed E-state index contributed by atoms with van der Waals surface area (Å²) in [6.07, 6.45) is -3.04. The van der Waals surface area contributed by atoms with E-state index in [2.05, 4.69) is 0 Å². The summed E-state index contributed by atoms with van der Waals surface area (Å²) in [5.41, 5.74) is 4.84. The molecule has 5 atom stereocenters. The van der Waals surface area contributed by atoms with Crippen LogP contribution in [0.25, 0.3) is 0 Å².